The van der Waals surface area contributed by atoms with Crippen LogP contribution in [0.3, 0.4) is 0 Å². The molecule has 0 aromatic rings. The molecule has 0 aromatic carbocycles. The first-order chi connectivity index (χ1) is 6.53. The van der Waals surface area contributed by atoms with Gasteiger partial charge in [-0.15, -0.1) is 0 Å². The number of rotatable bonds is 5. The van der Waals surface area contributed by atoms with Gasteiger partial charge in [0.1, 0.15) is 0 Å². The maximum absolute atomic E-state index is 12.2. The Morgan fingerprint density at radius 2 is 1.93 bits per heavy atom. The molecule has 1 rings (SSSR count). The first kappa shape index (κ1) is 11.8. The lowest BCUT2D eigenvalue weighted by molar-refractivity contribution is -0.154. The summed E-state index contributed by atoms with van der Waals surface area (Å²) < 4.78 is 36.5. The van der Waals surface area contributed by atoms with E-state index in [1.165, 1.54) is 4.90 Å². The van der Waals surface area contributed by atoms with E-state index < -0.39 is 12.7 Å². The van der Waals surface area contributed by atoms with Crippen molar-refractivity contribution in [3.8, 4) is 0 Å². The van der Waals surface area contributed by atoms with Crippen LogP contribution in [-0.4, -0.2) is 36.8 Å². The van der Waals surface area contributed by atoms with Gasteiger partial charge in [0, 0.05) is 6.04 Å². The van der Waals surface area contributed by atoms with Crippen LogP contribution >= 0.6 is 0 Å². The van der Waals surface area contributed by atoms with Crippen LogP contribution in [0, 0.1) is 0 Å². The van der Waals surface area contributed by atoms with E-state index in [1.807, 2.05) is 0 Å². The van der Waals surface area contributed by atoms with Crippen LogP contribution in [0.4, 0.5) is 13.2 Å². The van der Waals surface area contributed by atoms with Crippen molar-refractivity contribution in [2.75, 3.05) is 19.6 Å². The van der Waals surface area contributed by atoms with Gasteiger partial charge in [-0.05, 0) is 32.4 Å². The summed E-state index contributed by atoms with van der Waals surface area (Å²) in [4.78, 5) is 1.52. The molecular formula is C9H17F3N2. The molecule has 1 fully saturated rings. The highest BCUT2D eigenvalue weighted by molar-refractivity contribution is 4.81. The zero-order chi connectivity index (χ0) is 10.6. The van der Waals surface area contributed by atoms with Crippen LogP contribution < -0.4 is 5.73 Å². The molecular weight excluding hydrogens is 193 g/mol. The second kappa shape index (κ2) is 4.98. The summed E-state index contributed by atoms with van der Waals surface area (Å²) in [5.74, 6) is 0. The molecule has 84 valence electrons. The zero-order valence-corrected chi connectivity index (χ0v) is 8.19. The summed E-state index contributed by atoms with van der Waals surface area (Å²) in [6, 6.07) is 0.142. The smallest absolute Gasteiger partial charge is 0.330 e. The maximum atomic E-state index is 12.2. The van der Waals surface area contributed by atoms with Crippen molar-refractivity contribution in [3.05, 3.63) is 0 Å². The predicted octanol–water partition coefficient (Wildman–Crippen LogP) is 1.75. The largest absolute Gasteiger partial charge is 0.401 e. The summed E-state index contributed by atoms with van der Waals surface area (Å²) in [5.41, 5.74) is 5.29. The second-order valence-electron chi connectivity index (χ2n) is 3.81. The fourth-order valence-electron chi connectivity index (χ4n) is 1.67. The Hall–Kier alpha value is -0.290. The van der Waals surface area contributed by atoms with Crippen LogP contribution in [0.5, 0.6) is 0 Å². The third-order valence-corrected chi connectivity index (χ3v) is 2.62. The molecule has 0 amide bonds. The summed E-state index contributed by atoms with van der Waals surface area (Å²) >= 11 is 0. The number of alkyl halides is 3. The minimum Gasteiger partial charge on any atom is -0.330 e. The van der Waals surface area contributed by atoms with E-state index in [1.54, 1.807) is 0 Å². The highest BCUT2D eigenvalue weighted by atomic mass is 19.4. The Morgan fingerprint density at radius 3 is 2.29 bits per heavy atom. The van der Waals surface area contributed by atoms with Crippen LogP contribution in [-0.2, 0) is 0 Å². The molecule has 0 saturated heterocycles. The number of halogens is 3. The van der Waals surface area contributed by atoms with Crippen LogP contribution in [0.2, 0.25) is 0 Å². The lowest BCUT2D eigenvalue weighted by Crippen LogP contribution is -2.46. The molecule has 2 N–H and O–H groups in total. The maximum Gasteiger partial charge on any atom is 0.401 e. The van der Waals surface area contributed by atoms with Crippen molar-refractivity contribution in [3.63, 3.8) is 0 Å². The van der Waals surface area contributed by atoms with Crippen molar-refractivity contribution < 1.29 is 13.2 Å². The van der Waals surface area contributed by atoms with E-state index in [0.717, 1.165) is 19.3 Å². The topological polar surface area (TPSA) is 29.3 Å². The first-order valence-electron chi connectivity index (χ1n) is 5.04. The van der Waals surface area contributed by atoms with Crippen molar-refractivity contribution in [1.29, 1.82) is 0 Å². The van der Waals surface area contributed by atoms with Crippen LogP contribution in [0.25, 0.3) is 0 Å². The van der Waals surface area contributed by atoms with Gasteiger partial charge in [0.2, 0.25) is 0 Å². The quantitative estimate of drug-likeness (QED) is 0.749. The molecule has 1 saturated carbocycles. The van der Waals surface area contributed by atoms with Gasteiger partial charge < -0.3 is 5.73 Å². The summed E-state index contributed by atoms with van der Waals surface area (Å²) in [6.45, 7) is 0.152. The van der Waals surface area contributed by atoms with Gasteiger partial charge in [0.15, 0.2) is 0 Å². The molecule has 14 heavy (non-hydrogen) atoms. The molecule has 0 bridgehead atoms. The van der Waals surface area contributed by atoms with Gasteiger partial charge in [0.25, 0.3) is 0 Å². The minimum absolute atomic E-state index is 0.142. The standard InChI is InChI=1S/C9H17F3N2/c10-9(11,12)7-14(6-2-5-13)8-3-1-4-8/h8H,1-7,13H2. The lowest BCUT2D eigenvalue weighted by atomic mass is 9.91. The fourth-order valence-corrected chi connectivity index (χ4v) is 1.67. The Balaban J connectivity index is 2.35. The molecule has 0 unspecified atom stereocenters. The van der Waals surface area contributed by atoms with Gasteiger partial charge in [-0.1, -0.05) is 6.42 Å². The first-order valence-corrected chi connectivity index (χ1v) is 5.04. The number of hydrogen-bond acceptors (Lipinski definition) is 2. The Morgan fingerprint density at radius 1 is 1.29 bits per heavy atom. The molecule has 5 heteroatoms. The summed E-state index contributed by atoms with van der Waals surface area (Å²) in [6.07, 6.45) is -0.570. The van der Waals surface area contributed by atoms with Crippen molar-refractivity contribution in [2.24, 2.45) is 5.73 Å². The molecule has 2 nitrogen and oxygen atoms in total. The lowest BCUT2D eigenvalue weighted by Gasteiger charge is -2.37. The molecule has 1 aliphatic rings. The van der Waals surface area contributed by atoms with Crippen LogP contribution in [0.15, 0.2) is 0 Å². The van der Waals surface area contributed by atoms with Crippen molar-refractivity contribution in [1.82, 2.24) is 4.90 Å². The number of nitrogens with zero attached hydrogens (tertiary/aromatic N) is 1. The number of hydrogen-bond donors (Lipinski definition) is 1. The van der Waals surface area contributed by atoms with E-state index in [0.29, 0.717) is 19.5 Å². The van der Waals surface area contributed by atoms with E-state index >= 15 is 0 Å². The van der Waals surface area contributed by atoms with Gasteiger partial charge >= 0.3 is 6.18 Å². The molecule has 0 spiro atoms. The summed E-state index contributed by atoms with van der Waals surface area (Å²) in [7, 11) is 0. The van der Waals surface area contributed by atoms with Gasteiger partial charge in [-0.3, -0.25) is 4.90 Å². The Labute approximate surface area is 82.2 Å². The SMILES string of the molecule is NCCCN(CC(F)(F)F)C1CCC1. The summed E-state index contributed by atoms with van der Waals surface area (Å²) in [5, 5.41) is 0. The molecule has 0 aliphatic heterocycles. The van der Waals surface area contributed by atoms with E-state index in [-0.39, 0.29) is 6.04 Å². The highest BCUT2D eigenvalue weighted by Gasteiger charge is 2.35. The third kappa shape index (κ3) is 3.84. The third-order valence-electron chi connectivity index (χ3n) is 2.62. The van der Waals surface area contributed by atoms with Gasteiger partial charge in [0.05, 0.1) is 6.54 Å². The zero-order valence-electron chi connectivity index (χ0n) is 8.19. The Bertz CT molecular complexity index is 166. The van der Waals surface area contributed by atoms with E-state index in [4.69, 9.17) is 5.73 Å². The van der Waals surface area contributed by atoms with Crippen molar-refractivity contribution in [2.45, 2.75) is 37.9 Å². The van der Waals surface area contributed by atoms with Gasteiger partial charge in [-0.25, -0.2) is 0 Å². The number of nitrogens with two attached hydrogens (primary N) is 1. The van der Waals surface area contributed by atoms with Crippen LogP contribution in [0.1, 0.15) is 25.7 Å². The molecule has 1 aliphatic carbocycles. The van der Waals surface area contributed by atoms with Crippen molar-refractivity contribution >= 4 is 0 Å². The second-order valence-corrected chi connectivity index (χ2v) is 3.81. The minimum atomic E-state index is -4.08. The molecule has 0 atom stereocenters. The van der Waals surface area contributed by atoms with E-state index in [2.05, 4.69) is 0 Å². The average Bonchev–Trinajstić information content (AvgIpc) is 1.93. The van der Waals surface area contributed by atoms with E-state index in [9.17, 15) is 13.2 Å². The Kier molecular flexibility index (Phi) is 4.19. The highest BCUT2D eigenvalue weighted by Crippen LogP contribution is 2.28. The fraction of sp³-hybridized carbons (Fsp3) is 1.00. The molecule has 0 aromatic heterocycles. The monoisotopic (exact) mass is 210 g/mol. The van der Waals surface area contributed by atoms with Gasteiger partial charge in [-0.2, -0.15) is 13.2 Å². The predicted molar refractivity (Wildman–Crippen MR) is 48.9 cm³/mol. The normalized spacial score (nSPS) is 18.6. The average molecular weight is 210 g/mol. The molecule has 0 heterocycles. The molecule has 0 radical (unpaired) electrons.